The molecule has 0 amide bonds. The van der Waals surface area contributed by atoms with Crippen LogP contribution < -0.4 is 4.74 Å². The zero-order valence-corrected chi connectivity index (χ0v) is 12.2. The lowest BCUT2D eigenvalue weighted by Gasteiger charge is -2.13. The minimum Gasteiger partial charge on any atom is -0.497 e. The fourth-order valence-electron chi connectivity index (χ4n) is 2.52. The van der Waals surface area contributed by atoms with Gasteiger partial charge in [0.1, 0.15) is 17.7 Å². The first-order chi connectivity index (χ1) is 10.2. The Morgan fingerprint density at radius 3 is 2.71 bits per heavy atom. The van der Waals surface area contributed by atoms with Crippen molar-refractivity contribution in [2.45, 2.75) is 19.6 Å². The van der Waals surface area contributed by atoms with E-state index in [4.69, 9.17) is 4.74 Å². The van der Waals surface area contributed by atoms with Crippen LogP contribution >= 0.6 is 0 Å². The predicted molar refractivity (Wildman–Crippen MR) is 82.5 cm³/mol. The summed E-state index contributed by atoms with van der Waals surface area (Å²) in [5.74, 6) is 1.50. The zero-order valence-electron chi connectivity index (χ0n) is 12.2. The number of hydrogen-bond acceptors (Lipinski definition) is 3. The van der Waals surface area contributed by atoms with Crippen molar-refractivity contribution in [3.05, 3.63) is 60.2 Å². The van der Waals surface area contributed by atoms with Gasteiger partial charge < -0.3 is 14.4 Å². The Morgan fingerprint density at radius 2 is 1.95 bits per heavy atom. The van der Waals surface area contributed by atoms with Crippen LogP contribution in [0.15, 0.2) is 48.8 Å². The van der Waals surface area contributed by atoms with E-state index in [2.05, 4.69) is 4.98 Å². The Balaban J connectivity index is 2.01. The van der Waals surface area contributed by atoms with Crippen LogP contribution in [0.2, 0.25) is 0 Å². The molecule has 0 radical (unpaired) electrons. The Kier molecular flexibility index (Phi) is 3.62. The number of methoxy groups -OCH3 is 1. The molecule has 0 saturated heterocycles. The molecule has 3 aromatic rings. The number of imidazole rings is 1. The quantitative estimate of drug-likeness (QED) is 0.799. The topological polar surface area (TPSA) is 47.3 Å². The molecule has 0 aliphatic carbocycles. The van der Waals surface area contributed by atoms with Gasteiger partial charge in [0.05, 0.1) is 7.11 Å². The highest BCUT2D eigenvalue weighted by molar-refractivity contribution is 5.84. The van der Waals surface area contributed by atoms with E-state index in [1.165, 1.54) is 0 Å². The molecular weight excluding hydrogens is 264 g/mol. The summed E-state index contributed by atoms with van der Waals surface area (Å²) in [6.45, 7) is 2.82. The van der Waals surface area contributed by atoms with E-state index < -0.39 is 6.10 Å². The van der Waals surface area contributed by atoms with E-state index in [1.807, 2.05) is 54.1 Å². The van der Waals surface area contributed by atoms with Gasteiger partial charge in [-0.15, -0.1) is 0 Å². The normalized spacial score (nSPS) is 12.5. The van der Waals surface area contributed by atoms with Gasteiger partial charge in [-0.05, 0) is 41.5 Å². The summed E-state index contributed by atoms with van der Waals surface area (Å²) in [6.07, 6.45) is 2.88. The molecule has 2 aromatic carbocycles. The first kappa shape index (κ1) is 13.6. The van der Waals surface area contributed by atoms with E-state index in [1.54, 1.807) is 13.3 Å². The predicted octanol–water partition coefficient (Wildman–Crippen LogP) is 3.15. The largest absolute Gasteiger partial charge is 0.497 e. The van der Waals surface area contributed by atoms with Crippen molar-refractivity contribution in [1.82, 2.24) is 9.55 Å². The number of hydrogen-bond donors (Lipinski definition) is 1. The molecule has 0 bridgehead atoms. The summed E-state index contributed by atoms with van der Waals surface area (Å²) < 4.78 is 7.17. The van der Waals surface area contributed by atoms with Gasteiger partial charge in [0.15, 0.2) is 0 Å². The Morgan fingerprint density at radius 1 is 1.19 bits per heavy atom. The van der Waals surface area contributed by atoms with Crippen LogP contribution in [0.3, 0.4) is 0 Å². The van der Waals surface area contributed by atoms with Crippen LogP contribution in [0.25, 0.3) is 10.8 Å². The minimum atomic E-state index is -0.716. The standard InChI is InChI=1S/C17H18N2O2/c1-3-19-9-8-18-17(19)16(20)14-5-4-13-11-15(21-2)7-6-12(13)10-14/h4-11,16,20H,3H2,1-2H3. The third-order valence-corrected chi connectivity index (χ3v) is 3.72. The molecule has 1 heterocycles. The number of ether oxygens (including phenoxy) is 1. The molecule has 1 unspecified atom stereocenters. The lowest BCUT2D eigenvalue weighted by molar-refractivity contribution is 0.205. The number of aliphatic hydroxyl groups is 1. The summed E-state index contributed by atoms with van der Waals surface area (Å²) in [5, 5.41) is 12.7. The molecule has 0 aliphatic heterocycles. The molecule has 3 rings (SSSR count). The lowest BCUT2D eigenvalue weighted by atomic mass is 10.0. The smallest absolute Gasteiger partial charge is 0.142 e. The summed E-state index contributed by atoms with van der Waals surface area (Å²) in [5.41, 5.74) is 0.841. The Bertz CT molecular complexity index is 764. The van der Waals surface area contributed by atoms with Gasteiger partial charge in [0, 0.05) is 18.9 Å². The van der Waals surface area contributed by atoms with Crippen LogP contribution in [0.5, 0.6) is 5.75 Å². The highest BCUT2D eigenvalue weighted by Gasteiger charge is 2.16. The van der Waals surface area contributed by atoms with Gasteiger partial charge in [-0.2, -0.15) is 0 Å². The fourth-order valence-corrected chi connectivity index (χ4v) is 2.52. The number of nitrogens with zero attached hydrogens (tertiary/aromatic N) is 2. The summed E-state index contributed by atoms with van der Waals surface area (Å²) in [6, 6.07) is 11.8. The number of rotatable bonds is 4. The molecule has 4 heteroatoms. The SMILES string of the molecule is CCn1ccnc1C(O)c1ccc2cc(OC)ccc2c1. The average molecular weight is 282 g/mol. The van der Waals surface area contributed by atoms with Crippen molar-refractivity contribution in [1.29, 1.82) is 0 Å². The lowest BCUT2D eigenvalue weighted by Crippen LogP contribution is -2.08. The zero-order chi connectivity index (χ0) is 14.8. The summed E-state index contributed by atoms with van der Waals surface area (Å²) in [4.78, 5) is 4.26. The summed E-state index contributed by atoms with van der Waals surface area (Å²) in [7, 11) is 1.66. The van der Waals surface area contributed by atoms with Crippen molar-refractivity contribution in [3.63, 3.8) is 0 Å². The minimum absolute atomic E-state index is 0.672. The highest BCUT2D eigenvalue weighted by Crippen LogP contribution is 2.26. The van der Waals surface area contributed by atoms with Crippen molar-refractivity contribution < 1.29 is 9.84 Å². The van der Waals surface area contributed by atoms with Gasteiger partial charge in [-0.1, -0.05) is 18.2 Å². The van der Waals surface area contributed by atoms with E-state index in [0.717, 1.165) is 28.6 Å². The van der Waals surface area contributed by atoms with Crippen molar-refractivity contribution >= 4 is 10.8 Å². The van der Waals surface area contributed by atoms with E-state index in [-0.39, 0.29) is 0 Å². The van der Waals surface area contributed by atoms with Gasteiger partial charge in [-0.25, -0.2) is 4.98 Å². The van der Waals surface area contributed by atoms with Crippen molar-refractivity contribution in [2.75, 3.05) is 7.11 Å². The second kappa shape index (κ2) is 5.58. The molecule has 108 valence electrons. The molecular formula is C17H18N2O2. The van der Waals surface area contributed by atoms with E-state index in [0.29, 0.717) is 5.82 Å². The maximum Gasteiger partial charge on any atom is 0.142 e. The molecule has 4 nitrogen and oxygen atoms in total. The second-order valence-corrected chi connectivity index (χ2v) is 4.95. The van der Waals surface area contributed by atoms with Crippen molar-refractivity contribution in [2.24, 2.45) is 0 Å². The Hall–Kier alpha value is -2.33. The molecule has 21 heavy (non-hydrogen) atoms. The van der Waals surface area contributed by atoms with Crippen LogP contribution in [0, 0.1) is 0 Å². The summed E-state index contributed by atoms with van der Waals surface area (Å²) >= 11 is 0. The molecule has 0 fully saturated rings. The molecule has 1 N–H and O–H groups in total. The Labute approximate surface area is 123 Å². The van der Waals surface area contributed by atoms with E-state index in [9.17, 15) is 5.11 Å². The third-order valence-electron chi connectivity index (χ3n) is 3.72. The van der Waals surface area contributed by atoms with Gasteiger partial charge in [0.2, 0.25) is 0 Å². The van der Waals surface area contributed by atoms with Crippen LogP contribution in [-0.2, 0) is 6.54 Å². The van der Waals surface area contributed by atoms with E-state index >= 15 is 0 Å². The number of benzene rings is 2. The first-order valence-corrected chi connectivity index (χ1v) is 6.99. The fraction of sp³-hybridized carbons (Fsp3) is 0.235. The van der Waals surface area contributed by atoms with Gasteiger partial charge in [-0.3, -0.25) is 0 Å². The first-order valence-electron chi connectivity index (χ1n) is 6.99. The highest BCUT2D eigenvalue weighted by atomic mass is 16.5. The molecule has 0 spiro atoms. The number of aryl methyl sites for hydroxylation is 1. The number of aromatic nitrogens is 2. The molecule has 1 aromatic heterocycles. The van der Waals surface area contributed by atoms with Crippen LogP contribution in [0.1, 0.15) is 24.4 Å². The molecule has 0 saturated carbocycles. The second-order valence-electron chi connectivity index (χ2n) is 4.95. The third kappa shape index (κ3) is 2.50. The molecule has 0 aliphatic rings. The molecule has 1 atom stereocenters. The maximum atomic E-state index is 10.5. The maximum absolute atomic E-state index is 10.5. The van der Waals surface area contributed by atoms with Gasteiger partial charge >= 0.3 is 0 Å². The van der Waals surface area contributed by atoms with Crippen LogP contribution in [0.4, 0.5) is 0 Å². The number of aliphatic hydroxyl groups excluding tert-OH is 1. The van der Waals surface area contributed by atoms with Gasteiger partial charge in [0.25, 0.3) is 0 Å². The monoisotopic (exact) mass is 282 g/mol. The van der Waals surface area contributed by atoms with Crippen molar-refractivity contribution in [3.8, 4) is 5.75 Å². The van der Waals surface area contributed by atoms with Crippen LogP contribution in [-0.4, -0.2) is 21.8 Å². The number of fused-ring (bicyclic) bond motifs is 1. The average Bonchev–Trinajstić information content (AvgIpc) is 3.01.